The van der Waals surface area contributed by atoms with E-state index in [2.05, 4.69) is 15.9 Å². The summed E-state index contributed by atoms with van der Waals surface area (Å²) in [7, 11) is -3.09. The van der Waals surface area contributed by atoms with Crippen LogP contribution in [0.4, 0.5) is 4.39 Å². The quantitative estimate of drug-likeness (QED) is 0.720. The second kappa shape index (κ2) is 6.17. The molecule has 0 atom stereocenters. The molecule has 0 spiro atoms. The van der Waals surface area contributed by atoms with Gasteiger partial charge in [-0.2, -0.15) is 0 Å². The predicted molar refractivity (Wildman–Crippen MR) is 89.6 cm³/mol. The van der Waals surface area contributed by atoms with Gasteiger partial charge in [0.2, 0.25) is 0 Å². The van der Waals surface area contributed by atoms with E-state index in [1.807, 2.05) is 0 Å². The van der Waals surface area contributed by atoms with Crippen molar-refractivity contribution in [2.75, 3.05) is 0 Å². The fraction of sp³-hybridized carbons (Fsp3) is 0.235. The largest absolute Gasteiger partial charge is 0.289 e. The average Bonchev–Trinajstić information content (AvgIpc) is 3.32. The van der Waals surface area contributed by atoms with Gasteiger partial charge in [0.05, 0.1) is 11.0 Å². The Hall–Kier alpha value is -1.53. The second-order valence-electron chi connectivity index (χ2n) is 5.66. The zero-order valence-electron chi connectivity index (χ0n) is 12.1. The van der Waals surface area contributed by atoms with Crippen molar-refractivity contribution in [1.82, 2.24) is 0 Å². The first-order valence-electron chi connectivity index (χ1n) is 7.17. The van der Waals surface area contributed by atoms with Gasteiger partial charge in [-0.25, -0.2) is 12.8 Å². The number of carbonyl (C=O) groups is 1. The minimum atomic E-state index is -3.09. The maximum absolute atomic E-state index is 12.9. The summed E-state index contributed by atoms with van der Waals surface area (Å²) in [4.78, 5) is 12.4. The Bertz CT molecular complexity index is 856. The third kappa shape index (κ3) is 3.70. The van der Waals surface area contributed by atoms with E-state index in [9.17, 15) is 17.6 Å². The van der Waals surface area contributed by atoms with Gasteiger partial charge in [-0.3, -0.25) is 4.79 Å². The van der Waals surface area contributed by atoms with Crippen LogP contribution in [0.1, 0.15) is 34.3 Å². The average molecular weight is 397 g/mol. The first-order valence-corrected chi connectivity index (χ1v) is 9.68. The third-order valence-electron chi connectivity index (χ3n) is 3.78. The van der Waals surface area contributed by atoms with Crippen LogP contribution in [0.5, 0.6) is 0 Å². The number of hydrogen-bond acceptors (Lipinski definition) is 3. The van der Waals surface area contributed by atoms with Crippen molar-refractivity contribution in [3.63, 3.8) is 0 Å². The molecule has 0 aromatic heterocycles. The maximum atomic E-state index is 12.9. The number of rotatable bonds is 5. The van der Waals surface area contributed by atoms with Crippen LogP contribution in [0.3, 0.4) is 0 Å². The summed E-state index contributed by atoms with van der Waals surface area (Å²) in [5.74, 6) is -0.656. The van der Waals surface area contributed by atoms with Crippen LogP contribution in [0.25, 0.3) is 0 Å². The van der Waals surface area contributed by atoms with Gasteiger partial charge in [-0.05, 0) is 54.8 Å². The molecule has 2 aromatic carbocycles. The lowest BCUT2D eigenvalue weighted by Gasteiger charge is -2.08. The maximum Gasteiger partial charge on any atom is 0.194 e. The van der Waals surface area contributed by atoms with Crippen molar-refractivity contribution >= 4 is 31.6 Å². The van der Waals surface area contributed by atoms with Crippen molar-refractivity contribution in [3.05, 3.63) is 69.4 Å². The number of carbonyl (C=O) groups excluding carboxylic acids is 1. The summed E-state index contributed by atoms with van der Waals surface area (Å²) in [6.45, 7) is 0. The second-order valence-corrected chi connectivity index (χ2v) is 8.79. The van der Waals surface area contributed by atoms with Crippen molar-refractivity contribution in [1.29, 1.82) is 0 Å². The Balaban J connectivity index is 1.84. The summed E-state index contributed by atoms with van der Waals surface area (Å²) < 4.78 is 37.5. The Labute approximate surface area is 142 Å². The van der Waals surface area contributed by atoms with Crippen molar-refractivity contribution < 1.29 is 17.6 Å². The molecule has 2 aromatic rings. The van der Waals surface area contributed by atoms with Crippen molar-refractivity contribution in [3.8, 4) is 0 Å². The lowest BCUT2D eigenvalue weighted by molar-refractivity contribution is 0.103. The molecule has 3 nitrogen and oxygen atoms in total. The Morgan fingerprint density at radius 3 is 2.35 bits per heavy atom. The molecular formula is C17H14BrFO3S. The Morgan fingerprint density at radius 2 is 1.78 bits per heavy atom. The summed E-state index contributed by atoms with van der Waals surface area (Å²) in [5, 5.41) is -0.207. The first-order chi connectivity index (χ1) is 10.9. The van der Waals surface area contributed by atoms with Crippen LogP contribution in [-0.4, -0.2) is 19.5 Å². The molecule has 0 aliphatic heterocycles. The number of hydrogen-bond donors (Lipinski definition) is 0. The van der Waals surface area contributed by atoms with Gasteiger partial charge in [0.25, 0.3) is 0 Å². The van der Waals surface area contributed by atoms with E-state index in [0.29, 0.717) is 21.2 Å². The van der Waals surface area contributed by atoms with E-state index >= 15 is 0 Å². The van der Waals surface area contributed by atoms with Gasteiger partial charge < -0.3 is 0 Å². The highest BCUT2D eigenvalue weighted by Crippen LogP contribution is 2.31. The zero-order chi connectivity index (χ0) is 16.6. The highest BCUT2D eigenvalue weighted by atomic mass is 79.9. The molecule has 0 unspecified atom stereocenters. The standard InChI is InChI=1S/C17H14BrFO3S/c18-16-9-11(10-23(21,22)14-6-7-14)1-8-15(16)17(20)12-2-4-13(19)5-3-12/h1-5,8-9,14H,6-7,10H2. The van der Waals surface area contributed by atoms with E-state index in [0.717, 1.165) is 12.8 Å². The van der Waals surface area contributed by atoms with Crippen LogP contribution in [-0.2, 0) is 15.6 Å². The van der Waals surface area contributed by atoms with E-state index < -0.39 is 15.7 Å². The molecule has 23 heavy (non-hydrogen) atoms. The first kappa shape index (κ1) is 16.3. The fourth-order valence-electron chi connectivity index (χ4n) is 2.37. The number of sulfone groups is 1. The number of benzene rings is 2. The van der Waals surface area contributed by atoms with Gasteiger partial charge >= 0.3 is 0 Å². The topological polar surface area (TPSA) is 51.2 Å². The van der Waals surface area contributed by atoms with Crippen LogP contribution >= 0.6 is 15.9 Å². The molecule has 0 radical (unpaired) electrons. The molecule has 1 fully saturated rings. The molecular weight excluding hydrogens is 383 g/mol. The van der Waals surface area contributed by atoms with Gasteiger partial charge in [0.1, 0.15) is 5.82 Å². The number of ketones is 1. The van der Waals surface area contributed by atoms with Crippen LogP contribution in [0.2, 0.25) is 0 Å². The fourth-order valence-corrected chi connectivity index (χ4v) is 4.71. The molecule has 1 aliphatic rings. The summed E-state index contributed by atoms with van der Waals surface area (Å²) in [6.07, 6.45) is 1.48. The SMILES string of the molecule is O=C(c1ccc(F)cc1)c1ccc(CS(=O)(=O)C2CC2)cc1Br. The van der Waals surface area contributed by atoms with Gasteiger partial charge in [0.15, 0.2) is 15.6 Å². The number of halogens is 2. The van der Waals surface area contributed by atoms with Crippen molar-refractivity contribution in [2.24, 2.45) is 0 Å². The molecule has 0 amide bonds. The van der Waals surface area contributed by atoms with Crippen molar-refractivity contribution in [2.45, 2.75) is 23.8 Å². The minimum Gasteiger partial charge on any atom is -0.289 e. The van der Waals surface area contributed by atoms with E-state index in [4.69, 9.17) is 0 Å². The smallest absolute Gasteiger partial charge is 0.194 e. The summed E-state index contributed by atoms with van der Waals surface area (Å²) in [5.41, 5.74) is 1.45. The van der Waals surface area contributed by atoms with E-state index in [-0.39, 0.29) is 16.8 Å². The highest BCUT2D eigenvalue weighted by Gasteiger charge is 2.35. The zero-order valence-corrected chi connectivity index (χ0v) is 14.5. The highest BCUT2D eigenvalue weighted by molar-refractivity contribution is 9.10. The molecule has 0 saturated heterocycles. The summed E-state index contributed by atoms with van der Waals surface area (Å²) >= 11 is 3.33. The molecule has 1 aliphatic carbocycles. The molecule has 0 heterocycles. The third-order valence-corrected chi connectivity index (χ3v) is 6.66. The lowest BCUT2D eigenvalue weighted by Crippen LogP contribution is -2.10. The molecule has 1 saturated carbocycles. The van der Waals surface area contributed by atoms with Gasteiger partial charge in [0, 0.05) is 15.6 Å². The molecule has 0 bridgehead atoms. The van der Waals surface area contributed by atoms with Crippen LogP contribution < -0.4 is 0 Å². The molecule has 0 N–H and O–H groups in total. The molecule has 120 valence electrons. The minimum absolute atomic E-state index is 0.0126. The van der Waals surface area contributed by atoms with Crippen LogP contribution in [0, 0.1) is 5.82 Å². The molecule has 3 rings (SSSR count). The lowest BCUT2D eigenvalue weighted by atomic mass is 10.0. The summed E-state index contributed by atoms with van der Waals surface area (Å²) in [6, 6.07) is 10.2. The Morgan fingerprint density at radius 1 is 1.13 bits per heavy atom. The van der Waals surface area contributed by atoms with Gasteiger partial charge in [-0.1, -0.05) is 22.0 Å². The predicted octanol–water partition coefficient (Wildman–Crippen LogP) is 3.90. The van der Waals surface area contributed by atoms with E-state index in [1.165, 1.54) is 24.3 Å². The Kier molecular flexibility index (Phi) is 4.38. The van der Waals surface area contributed by atoms with Gasteiger partial charge in [-0.15, -0.1) is 0 Å². The van der Waals surface area contributed by atoms with Crippen LogP contribution in [0.15, 0.2) is 46.9 Å². The normalized spacial score (nSPS) is 14.7. The monoisotopic (exact) mass is 396 g/mol. The molecule has 6 heteroatoms. The van der Waals surface area contributed by atoms with E-state index in [1.54, 1.807) is 18.2 Å².